The van der Waals surface area contributed by atoms with Crippen LogP contribution in [0.15, 0.2) is 64.5 Å². The van der Waals surface area contributed by atoms with E-state index in [9.17, 15) is 8.42 Å². The van der Waals surface area contributed by atoms with Crippen LogP contribution in [-0.4, -0.2) is 71.9 Å². The monoisotopic (exact) mass is 430 g/mol. The van der Waals surface area contributed by atoms with E-state index in [0.717, 1.165) is 37.9 Å². The van der Waals surface area contributed by atoms with Crippen LogP contribution in [0.25, 0.3) is 0 Å². The first-order valence-electron chi connectivity index (χ1n) is 10.2. The van der Waals surface area contributed by atoms with Gasteiger partial charge in [0.2, 0.25) is 0 Å². The molecule has 2 aromatic carbocycles. The Labute approximate surface area is 179 Å². The van der Waals surface area contributed by atoms with Crippen molar-refractivity contribution in [3.63, 3.8) is 0 Å². The highest BCUT2D eigenvalue weighted by molar-refractivity contribution is 7.91. The van der Waals surface area contributed by atoms with Crippen LogP contribution in [0.4, 0.5) is 5.69 Å². The molecule has 1 N–H and O–H groups in total. The Morgan fingerprint density at radius 1 is 1.03 bits per heavy atom. The Morgan fingerprint density at radius 2 is 1.70 bits per heavy atom. The molecule has 0 aliphatic carbocycles. The van der Waals surface area contributed by atoms with Crippen molar-refractivity contribution in [1.29, 1.82) is 0 Å². The average Bonchev–Trinajstić information content (AvgIpc) is 2.80. The van der Waals surface area contributed by atoms with Crippen LogP contribution in [0.2, 0.25) is 0 Å². The van der Waals surface area contributed by atoms with Crippen molar-refractivity contribution < 1.29 is 13.2 Å². The molecule has 1 fully saturated rings. The number of aliphatic imine (C=N–C) groups is 1. The van der Waals surface area contributed by atoms with E-state index >= 15 is 0 Å². The lowest BCUT2D eigenvalue weighted by atomic mass is 10.2. The van der Waals surface area contributed by atoms with Gasteiger partial charge in [0.05, 0.1) is 17.8 Å². The summed E-state index contributed by atoms with van der Waals surface area (Å²) in [6.07, 6.45) is 0.530. The van der Waals surface area contributed by atoms with Crippen LogP contribution in [-0.2, 0) is 9.84 Å². The van der Waals surface area contributed by atoms with Crippen molar-refractivity contribution in [3.05, 3.63) is 54.6 Å². The van der Waals surface area contributed by atoms with Gasteiger partial charge >= 0.3 is 0 Å². The number of hydrogen-bond donors (Lipinski definition) is 1. The third-order valence-electron chi connectivity index (χ3n) is 5.20. The molecule has 3 rings (SSSR count). The van der Waals surface area contributed by atoms with Gasteiger partial charge in [-0.15, -0.1) is 0 Å². The summed E-state index contributed by atoms with van der Waals surface area (Å²) in [6, 6.07) is 16.7. The van der Waals surface area contributed by atoms with E-state index in [1.807, 2.05) is 18.2 Å². The molecule has 1 aliphatic rings. The number of methoxy groups -OCH3 is 1. The van der Waals surface area contributed by atoms with Crippen LogP contribution in [0, 0.1) is 0 Å². The molecule has 0 radical (unpaired) electrons. The smallest absolute Gasteiger partial charge is 0.193 e. The van der Waals surface area contributed by atoms with E-state index in [1.54, 1.807) is 38.4 Å². The summed E-state index contributed by atoms with van der Waals surface area (Å²) in [6.45, 7) is 4.07. The van der Waals surface area contributed by atoms with E-state index < -0.39 is 9.84 Å². The van der Waals surface area contributed by atoms with Gasteiger partial charge in [-0.3, -0.25) is 4.99 Å². The first-order valence-corrected chi connectivity index (χ1v) is 11.8. The Morgan fingerprint density at radius 3 is 2.30 bits per heavy atom. The van der Waals surface area contributed by atoms with Gasteiger partial charge in [0.1, 0.15) is 5.75 Å². The van der Waals surface area contributed by atoms with E-state index in [4.69, 9.17) is 4.74 Å². The zero-order valence-electron chi connectivity index (χ0n) is 17.6. The maximum absolute atomic E-state index is 12.4. The number of ether oxygens (including phenoxy) is 1. The minimum Gasteiger partial charge on any atom is -0.497 e. The van der Waals surface area contributed by atoms with E-state index in [-0.39, 0.29) is 5.75 Å². The minimum absolute atomic E-state index is 0.117. The maximum atomic E-state index is 12.4. The van der Waals surface area contributed by atoms with Crippen molar-refractivity contribution in [1.82, 2.24) is 10.2 Å². The number of guanidine groups is 1. The molecule has 0 aromatic heterocycles. The van der Waals surface area contributed by atoms with E-state index in [2.05, 4.69) is 32.2 Å². The lowest BCUT2D eigenvalue weighted by Gasteiger charge is -2.37. The summed E-state index contributed by atoms with van der Waals surface area (Å²) in [5.41, 5.74) is 1.18. The highest BCUT2D eigenvalue weighted by atomic mass is 32.2. The lowest BCUT2D eigenvalue weighted by molar-refractivity contribution is 0.372. The summed E-state index contributed by atoms with van der Waals surface area (Å²) in [4.78, 5) is 9.31. The summed E-state index contributed by atoms with van der Waals surface area (Å²) in [5, 5.41) is 3.31. The molecule has 30 heavy (non-hydrogen) atoms. The van der Waals surface area contributed by atoms with Crippen LogP contribution < -0.4 is 15.0 Å². The van der Waals surface area contributed by atoms with Gasteiger partial charge in [-0.05, 0) is 42.8 Å². The molecule has 0 saturated carbocycles. The zero-order valence-corrected chi connectivity index (χ0v) is 18.4. The Kier molecular flexibility index (Phi) is 7.57. The summed E-state index contributed by atoms with van der Waals surface area (Å²) >= 11 is 0. The van der Waals surface area contributed by atoms with E-state index in [1.165, 1.54) is 5.69 Å². The van der Waals surface area contributed by atoms with Crippen molar-refractivity contribution in [3.8, 4) is 5.75 Å². The highest BCUT2D eigenvalue weighted by Crippen LogP contribution is 2.20. The molecular formula is C22H30N4O3S. The molecule has 1 saturated heterocycles. The fourth-order valence-corrected chi connectivity index (χ4v) is 4.84. The van der Waals surface area contributed by atoms with Crippen LogP contribution in [0.1, 0.15) is 6.42 Å². The molecule has 0 unspecified atom stereocenters. The molecule has 0 spiro atoms. The Bertz CT molecular complexity index is 923. The fourth-order valence-electron chi connectivity index (χ4n) is 3.51. The standard InChI is InChI=1S/C22H30N4O3S/c1-23-22(24-13-6-18-30(27,28)21-7-4-3-5-8-21)26-16-14-25(15-17-26)19-9-11-20(29-2)12-10-19/h3-5,7-12H,6,13-18H2,1-2H3,(H,23,24). The molecule has 2 aromatic rings. The second-order valence-corrected chi connectivity index (χ2v) is 9.24. The fraction of sp³-hybridized carbons (Fsp3) is 0.409. The van der Waals surface area contributed by atoms with Gasteiger partial charge in [-0.2, -0.15) is 0 Å². The summed E-state index contributed by atoms with van der Waals surface area (Å²) in [7, 11) is 0.191. The third kappa shape index (κ3) is 5.66. The zero-order chi connectivity index (χ0) is 21.4. The van der Waals surface area contributed by atoms with Crippen LogP contribution >= 0.6 is 0 Å². The summed E-state index contributed by atoms with van der Waals surface area (Å²) in [5.74, 6) is 1.80. The van der Waals surface area contributed by atoms with Gasteiger partial charge in [0.15, 0.2) is 15.8 Å². The van der Waals surface area contributed by atoms with Crippen LogP contribution in [0.5, 0.6) is 5.75 Å². The number of nitrogens with one attached hydrogen (secondary N) is 1. The SMILES string of the molecule is CN=C(NCCCS(=O)(=O)c1ccccc1)N1CCN(c2ccc(OC)cc2)CC1. The van der Waals surface area contributed by atoms with E-state index in [0.29, 0.717) is 17.9 Å². The highest BCUT2D eigenvalue weighted by Gasteiger charge is 2.20. The largest absolute Gasteiger partial charge is 0.497 e. The van der Waals surface area contributed by atoms with Crippen molar-refractivity contribution >= 4 is 21.5 Å². The topological polar surface area (TPSA) is 74.2 Å². The quantitative estimate of drug-likeness (QED) is 0.413. The molecule has 8 heteroatoms. The predicted octanol–water partition coefficient (Wildman–Crippen LogP) is 2.26. The molecule has 0 atom stereocenters. The molecule has 0 amide bonds. The number of hydrogen-bond acceptors (Lipinski definition) is 5. The van der Waals surface area contributed by atoms with Gasteiger partial charge in [-0.25, -0.2) is 8.42 Å². The first kappa shape index (κ1) is 22.0. The Balaban J connectivity index is 1.44. The Hall–Kier alpha value is -2.74. The second-order valence-electron chi connectivity index (χ2n) is 7.13. The number of sulfone groups is 1. The van der Waals surface area contributed by atoms with Gasteiger partial charge in [-0.1, -0.05) is 18.2 Å². The predicted molar refractivity (Wildman–Crippen MR) is 121 cm³/mol. The van der Waals surface area contributed by atoms with Crippen molar-refractivity contribution in [2.75, 3.05) is 57.5 Å². The third-order valence-corrected chi connectivity index (χ3v) is 7.02. The van der Waals surface area contributed by atoms with Crippen molar-refractivity contribution in [2.24, 2.45) is 4.99 Å². The average molecular weight is 431 g/mol. The number of benzene rings is 2. The van der Waals surface area contributed by atoms with Crippen molar-refractivity contribution in [2.45, 2.75) is 11.3 Å². The van der Waals surface area contributed by atoms with Gasteiger partial charge in [0, 0.05) is 45.5 Å². The molecule has 7 nitrogen and oxygen atoms in total. The normalized spacial score (nSPS) is 15.2. The van der Waals surface area contributed by atoms with Gasteiger partial charge in [0.25, 0.3) is 0 Å². The minimum atomic E-state index is -3.24. The molecule has 1 heterocycles. The van der Waals surface area contributed by atoms with Crippen LogP contribution in [0.3, 0.4) is 0 Å². The van der Waals surface area contributed by atoms with Gasteiger partial charge < -0.3 is 19.9 Å². The lowest BCUT2D eigenvalue weighted by Crippen LogP contribution is -2.52. The molecular weight excluding hydrogens is 400 g/mol. The first-order chi connectivity index (χ1) is 14.5. The number of rotatable bonds is 7. The number of anilines is 1. The maximum Gasteiger partial charge on any atom is 0.193 e. The molecule has 1 aliphatic heterocycles. The molecule has 162 valence electrons. The number of piperazine rings is 1. The number of nitrogens with zero attached hydrogens (tertiary/aromatic N) is 3. The molecule has 0 bridgehead atoms. The second kappa shape index (κ2) is 10.3. The summed E-state index contributed by atoms with van der Waals surface area (Å²) < 4.78 is 30.0.